The van der Waals surface area contributed by atoms with Crippen LogP contribution in [0.1, 0.15) is 24.2 Å². The third-order valence-electron chi connectivity index (χ3n) is 1.87. The fraction of sp³-hybridized carbons (Fsp3) is 0.500. The first-order valence-electron chi connectivity index (χ1n) is 5.46. The number of halogens is 1. The molecule has 0 spiro atoms. The molecule has 0 aromatic carbocycles. The molecule has 1 rings (SSSR count). The minimum Gasteiger partial charge on any atom is -0.460 e. The molecule has 0 atom stereocenters. The summed E-state index contributed by atoms with van der Waals surface area (Å²) in [4.78, 5) is 15.5. The second kappa shape index (κ2) is 7.40. The molecule has 4 nitrogen and oxygen atoms in total. The Bertz CT molecular complexity index is 369. The van der Waals surface area contributed by atoms with Crippen LogP contribution >= 0.6 is 15.9 Å². The Hall–Kier alpha value is -0.940. The van der Waals surface area contributed by atoms with Gasteiger partial charge in [-0.2, -0.15) is 0 Å². The second-order valence-corrected chi connectivity index (χ2v) is 4.78. The van der Waals surface area contributed by atoms with Crippen LogP contribution in [0, 0.1) is 5.92 Å². The first-order valence-corrected chi connectivity index (χ1v) is 6.25. The number of ether oxygens (including phenoxy) is 2. The molecule has 0 N–H and O–H groups in total. The van der Waals surface area contributed by atoms with Gasteiger partial charge in [0.15, 0.2) is 0 Å². The number of carbonyl (C=O) groups is 1. The highest BCUT2D eigenvalue weighted by Crippen LogP contribution is 2.09. The standard InChI is InChI=1S/C12H16BrNO3/c1-9(2)8-16-5-6-17-12(15)10-3-4-14-11(13)7-10/h3-4,7,9H,5-6,8H2,1-2H3. The third-order valence-corrected chi connectivity index (χ3v) is 2.31. The third kappa shape index (κ3) is 5.79. The molecule has 0 radical (unpaired) electrons. The highest BCUT2D eigenvalue weighted by Gasteiger charge is 2.07. The summed E-state index contributed by atoms with van der Waals surface area (Å²) in [6.07, 6.45) is 1.55. The zero-order chi connectivity index (χ0) is 12.7. The van der Waals surface area contributed by atoms with E-state index in [-0.39, 0.29) is 12.6 Å². The Morgan fingerprint density at radius 2 is 2.24 bits per heavy atom. The summed E-state index contributed by atoms with van der Waals surface area (Å²) in [5.41, 5.74) is 0.482. The number of esters is 1. The molecule has 0 unspecified atom stereocenters. The lowest BCUT2D eigenvalue weighted by atomic mass is 10.2. The SMILES string of the molecule is CC(C)COCCOC(=O)c1ccnc(Br)c1. The van der Waals surface area contributed by atoms with Gasteiger partial charge in [0.25, 0.3) is 0 Å². The van der Waals surface area contributed by atoms with Crippen LogP contribution in [0.4, 0.5) is 0 Å². The zero-order valence-corrected chi connectivity index (χ0v) is 11.6. The molecule has 0 aliphatic carbocycles. The smallest absolute Gasteiger partial charge is 0.338 e. The van der Waals surface area contributed by atoms with Gasteiger partial charge in [0.1, 0.15) is 11.2 Å². The molecule has 0 aliphatic heterocycles. The van der Waals surface area contributed by atoms with Crippen LogP contribution in [0.2, 0.25) is 0 Å². The quantitative estimate of drug-likeness (QED) is 0.460. The van der Waals surface area contributed by atoms with Crippen LogP contribution in [-0.2, 0) is 9.47 Å². The van der Waals surface area contributed by atoms with Gasteiger partial charge >= 0.3 is 5.97 Å². The van der Waals surface area contributed by atoms with Crippen molar-refractivity contribution in [3.63, 3.8) is 0 Å². The predicted octanol–water partition coefficient (Wildman–Crippen LogP) is 2.67. The van der Waals surface area contributed by atoms with Gasteiger partial charge < -0.3 is 9.47 Å². The molecular formula is C12H16BrNO3. The maximum absolute atomic E-state index is 11.6. The minimum atomic E-state index is -0.360. The summed E-state index contributed by atoms with van der Waals surface area (Å²) in [6.45, 7) is 5.51. The molecule has 94 valence electrons. The van der Waals surface area contributed by atoms with E-state index >= 15 is 0 Å². The monoisotopic (exact) mass is 301 g/mol. The Morgan fingerprint density at radius 3 is 2.88 bits per heavy atom. The van der Waals surface area contributed by atoms with Crippen LogP contribution < -0.4 is 0 Å². The fourth-order valence-corrected chi connectivity index (χ4v) is 1.49. The van der Waals surface area contributed by atoms with Crippen molar-refractivity contribution in [1.82, 2.24) is 4.98 Å². The normalized spacial score (nSPS) is 10.6. The molecule has 0 amide bonds. The van der Waals surface area contributed by atoms with E-state index in [0.717, 1.165) is 0 Å². The second-order valence-electron chi connectivity index (χ2n) is 3.97. The van der Waals surface area contributed by atoms with Crippen LogP contribution in [0.5, 0.6) is 0 Å². The topological polar surface area (TPSA) is 48.4 Å². The highest BCUT2D eigenvalue weighted by molar-refractivity contribution is 9.10. The molecule has 1 aromatic rings. The van der Waals surface area contributed by atoms with Gasteiger partial charge in [-0.25, -0.2) is 9.78 Å². The molecule has 5 heteroatoms. The summed E-state index contributed by atoms with van der Waals surface area (Å²) in [6, 6.07) is 3.24. The molecule has 0 bridgehead atoms. The molecule has 0 saturated carbocycles. The maximum Gasteiger partial charge on any atom is 0.338 e. The largest absolute Gasteiger partial charge is 0.460 e. The van der Waals surface area contributed by atoms with Crippen molar-refractivity contribution in [3.8, 4) is 0 Å². The molecule has 0 saturated heterocycles. The first-order chi connectivity index (χ1) is 8.09. The molecule has 1 heterocycles. The molecule has 0 fully saturated rings. The number of nitrogens with zero attached hydrogens (tertiary/aromatic N) is 1. The van der Waals surface area contributed by atoms with Gasteiger partial charge in [-0.15, -0.1) is 0 Å². The molecule has 17 heavy (non-hydrogen) atoms. The number of carbonyl (C=O) groups excluding carboxylic acids is 1. The van der Waals surface area contributed by atoms with E-state index in [1.165, 1.54) is 0 Å². The molecular weight excluding hydrogens is 286 g/mol. The summed E-state index contributed by atoms with van der Waals surface area (Å²) >= 11 is 3.20. The number of hydrogen-bond donors (Lipinski definition) is 0. The van der Waals surface area contributed by atoms with Crippen molar-refractivity contribution in [1.29, 1.82) is 0 Å². The Labute approximate surface area is 109 Å². The van der Waals surface area contributed by atoms with Crippen molar-refractivity contribution in [2.45, 2.75) is 13.8 Å². The van der Waals surface area contributed by atoms with E-state index in [0.29, 0.717) is 29.3 Å². The van der Waals surface area contributed by atoms with Crippen LogP contribution in [0.25, 0.3) is 0 Å². The lowest BCUT2D eigenvalue weighted by molar-refractivity contribution is 0.0277. The van der Waals surface area contributed by atoms with Crippen molar-refractivity contribution in [3.05, 3.63) is 28.5 Å². The fourth-order valence-electron chi connectivity index (χ4n) is 1.13. The first kappa shape index (κ1) is 14.1. The van der Waals surface area contributed by atoms with E-state index in [4.69, 9.17) is 9.47 Å². The van der Waals surface area contributed by atoms with Crippen molar-refractivity contribution in [2.24, 2.45) is 5.92 Å². The van der Waals surface area contributed by atoms with E-state index in [2.05, 4.69) is 34.8 Å². The van der Waals surface area contributed by atoms with Crippen molar-refractivity contribution >= 4 is 21.9 Å². The summed E-state index contributed by atoms with van der Waals surface area (Å²) in [5, 5.41) is 0. The van der Waals surface area contributed by atoms with E-state index in [1.54, 1.807) is 18.3 Å². The van der Waals surface area contributed by atoms with Crippen molar-refractivity contribution in [2.75, 3.05) is 19.8 Å². The van der Waals surface area contributed by atoms with Gasteiger partial charge in [-0.3, -0.25) is 0 Å². The minimum absolute atomic E-state index is 0.269. The average molecular weight is 302 g/mol. The molecule has 0 aliphatic rings. The maximum atomic E-state index is 11.6. The van der Waals surface area contributed by atoms with E-state index < -0.39 is 0 Å². The van der Waals surface area contributed by atoms with E-state index in [1.807, 2.05) is 0 Å². The van der Waals surface area contributed by atoms with Gasteiger partial charge in [0.05, 0.1) is 12.2 Å². The lowest BCUT2D eigenvalue weighted by Crippen LogP contribution is -2.12. The van der Waals surface area contributed by atoms with Gasteiger partial charge in [-0.1, -0.05) is 13.8 Å². The molecule has 1 aromatic heterocycles. The number of rotatable bonds is 6. The van der Waals surface area contributed by atoms with Gasteiger partial charge in [-0.05, 0) is 34.0 Å². The zero-order valence-electron chi connectivity index (χ0n) is 9.98. The van der Waals surface area contributed by atoms with E-state index in [9.17, 15) is 4.79 Å². The van der Waals surface area contributed by atoms with Crippen LogP contribution in [0.15, 0.2) is 22.9 Å². The Morgan fingerprint density at radius 1 is 1.47 bits per heavy atom. The highest BCUT2D eigenvalue weighted by atomic mass is 79.9. The lowest BCUT2D eigenvalue weighted by Gasteiger charge is -2.07. The van der Waals surface area contributed by atoms with Crippen LogP contribution in [0.3, 0.4) is 0 Å². The summed E-state index contributed by atoms with van der Waals surface area (Å²) in [5.74, 6) is 0.128. The van der Waals surface area contributed by atoms with Crippen molar-refractivity contribution < 1.29 is 14.3 Å². The van der Waals surface area contributed by atoms with Gasteiger partial charge in [0, 0.05) is 12.8 Å². The average Bonchev–Trinajstić information content (AvgIpc) is 2.28. The number of pyridine rings is 1. The van der Waals surface area contributed by atoms with Crippen LogP contribution in [-0.4, -0.2) is 30.8 Å². The number of hydrogen-bond acceptors (Lipinski definition) is 4. The number of aromatic nitrogens is 1. The predicted molar refractivity (Wildman–Crippen MR) is 67.9 cm³/mol. The summed E-state index contributed by atoms with van der Waals surface area (Å²) < 4.78 is 11.0. The Kier molecular flexibility index (Phi) is 6.15. The van der Waals surface area contributed by atoms with Gasteiger partial charge in [0.2, 0.25) is 0 Å². The summed E-state index contributed by atoms with van der Waals surface area (Å²) in [7, 11) is 0. The Balaban J connectivity index is 2.26.